The van der Waals surface area contributed by atoms with Crippen molar-refractivity contribution in [3.8, 4) is 0 Å². The second kappa shape index (κ2) is 36.3. The average molecular weight is 696 g/mol. The third kappa shape index (κ3) is 35.3. The molecule has 3 N–H and O–H groups in total. The quantitative estimate of drug-likeness (QED) is 0.0221. The number of rotatable bonds is 35. The van der Waals surface area contributed by atoms with Crippen molar-refractivity contribution in [1.29, 1.82) is 0 Å². The van der Waals surface area contributed by atoms with E-state index < -0.39 is 19.9 Å². The number of allylic oxidation sites excluding steroid dienone is 9. The summed E-state index contributed by atoms with van der Waals surface area (Å²) >= 11 is 0. The maximum Gasteiger partial charge on any atom is 0.472 e. The van der Waals surface area contributed by atoms with Gasteiger partial charge < -0.3 is 20.1 Å². The zero-order valence-electron chi connectivity index (χ0n) is 30.4. The summed E-state index contributed by atoms with van der Waals surface area (Å²) in [5, 5.41) is 0. The maximum absolute atomic E-state index is 12.5. The normalized spacial score (nSPS) is 14.2. The third-order valence-electron chi connectivity index (χ3n) is 7.51. The van der Waals surface area contributed by atoms with Gasteiger partial charge in [0.1, 0.15) is 6.61 Å². The molecule has 0 bridgehead atoms. The van der Waals surface area contributed by atoms with Crippen LogP contribution in [0.15, 0.2) is 60.9 Å². The second-order valence-electron chi connectivity index (χ2n) is 12.1. The zero-order valence-corrected chi connectivity index (χ0v) is 31.3. The molecule has 8 nitrogen and oxygen atoms in total. The molecule has 0 aromatic carbocycles. The molecule has 2 unspecified atom stereocenters. The Balaban J connectivity index is 4.25. The minimum atomic E-state index is -4.30. The number of nitrogens with two attached hydrogens (primary N) is 1. The SMILES string of the molecule is CCC=CCC=CCC=CCC=CCCCCC(=O)OC(COC=CCCCCCCCCCCCCCC)COP(=O)(O)OCCN. The number of hydrogen-bond acceptors (Lipinski definition) is 7. The second-order valence-corrected chi connectivity index (χ2v) is 13.6. The number of carbonyl (C=O) groups is 1. The van der Waals surface area contributed by atoms with E-state index in [-0.39, 0.29) is 32.8 Å². The van der Waals surface area contributed by atoms with Crippen LogP contribution in [-0.2, 0) is 27.9 Å². The van der Waals surface area contributed by atoms with Crippen LogP contribution in [0.5, 0.6) is 0 Å². The van der Waals surface area contributed by atoms with Crippen molar-refractivity contribution in [3.63, 3.8) is 0 Å². The van der Waals surface area contributed by atoms with Gasteiger partial charge in [0.2, 0.25) is 0 Å². The van der Waals surface area contributed by atoms with Crippen molar-refractivity contribution >= 4 is 13.8 Å². The molecular formula is C39H70NO7P. The van der Waals surface area contributed by atoms with E-state index in [0.29, 0.717) is 6.42 Å². The number of phosphoric acid groups is 1. The smallest absolute Gasteiger partial charge is 0.472 e. The number of unbranched alkanes of at least 4 members (excludes halogenated alkanes) is 14. The molecule has 0 saturated heterocycles. The van der Waals surface area contributed by atoms with Crippen molar-refractivity contribution in [2.45, 2.75) is 155 Å². The molecule has 0 radical (unpaired) electrons. The van der Waals surface area contributed by atoms with Gasteiger partial charge in [0, 0.05) is 13.0 Å². The molecule has 48 heavy (non-hydrogen) atoms. The van der Waals surface area contributed by atoms with Crippen molar-refractivity contribution in [1.82, 2.24) is 0 Å². The van der Waals surface area contributed by atoms with Crippen LogP contribution in [0.25, 0.3) is 0 Å². The van der Waals surface area contributed by atoms with Gasteiger partial charge in [-0.15, -0.1) is 0 Å². The fraction of sp³-hybridized carbons (Fsp3) is 0.718. The van der Waals surface area contributed by atoms with Crippen molar-refractivity contribution in [2.75, 3.05) is 26.4 Å². The van der Waals surface area contributed by atoms with Gasteiger partial charge in [-0.2, -0.15) is 0 Å². The van der Waals surface area contributed by atoms with E-state index in [2.05, 4.69) is 62.5 Å². The molecule has 0 aliphatic heterocycles. The molecular weight excluding hydrogens is 625 g/mol. The van der Waals surface area contributed by atoms with E-state index in [4.69, 9.17) is 24.3 Å². The molecule has 0 saturated carbocycles. The van der Waals surface area contributed by atoms with Gasteiger partial charge in [-0.1, -0.05) is 133 Å². The topological polar surface area (TPSA) is 117 Å². The highest BCUT2D eigenvalue weighted by Gasteiger charge is 2.25. The fourth-order valence-electron chi connectivity index (χ4n) is 4.77. The summed E-state index contributed by atoms with van der Waals surface area (Å²) in [7, 11) is -4.30. The minimum absolute atomic E-state index is 0.0134. The molecule has 0 aliphatic rings. The highest BCUT2D eigenvalue weighted by molar-refractivity contribution is 7.47. The first kappa shape index (κ1) is 46.0. The first-order chi connectivity index (χ1) is 23.4. The van der Waals surface area contributed by atoms with Crippen LogP contribution >= 0.6 is 7.82 Å². The van der Waals surface area contributed by atoms with Crippen molar-refractivity contribution in [2.24, 2.45) is 5.73 Å². The predicted molar refractivity (Wildman–Crippen MR) is 201 cm³/mol. The van der Waals surface area contributed by atoms with Crippen LogP contribution in [0, 0.1) is 0 Å². The Bertz CT molecular complexity index is 916. The van der Waals surface area contributed by atoms with Gasteiger partial charge in [0.15, 0.2) is 6.10 Å². The molecule has 0 aromatic heterocycles. The van der Waals surface area contributed by atoms with Gasteiger partial charge in [-0.05, 0) is 63.9 Å². The molecule has 0 heterocycles. The van der Waals surface area contributed by atoms with Gasteiger partial charge >= 0.3 is 13.8 Å². The summed E-state index contributed by atoms with van der Waals surface area (Å²) in [5.41, 5.74) is 5.34. The first-order valence-electron chi connectivity index (χ1n) is 18.8. The molecule has 0 spiro atoms. The first-order valence-corrected chi connectivity index (χ1v) is 20.3. The Labute approximate surface area is 293 Å². The van der Waals surface area contributed by atoms with E-state index in [1.54, 1.807) is 6.26 Å². The molecule has 278 valence electrons. The number of phosphoric ester groups is 1. The fourth-order valence-corrected chi connectivity index (χ4v) is 5.54. The Morgan fingerprint density at radius 1 is 0.667 bits per heavy atom. The lowest BCUT2D eigenvalue weighted by atomic mass is 10.0. The summed E-state index contributed by atoms with van der Waals surface area (Å²) in [6.07, 6.45) is 43.3. The van der Waals surface area contributed by atoms with Crippen LogP contribution in [-0.4, -0.2) is 43.3 Å². The van der Waals surface area contributed by atoms with E-state index in [9.17, 15) is 14.3 Å². The van der Waals surface area contributed by atoms with Crippen molar-refractivity contribution in [3.05, 3.63) is 60.9 Å². The van der Waals surface area contributed by atoms with Gasteiger partial charge in [-0.3, -0.25) is 13.8 Å². The summed E-state index contributed by atoms with van der Waals surface area (Å²) < 4.78 is 33.0. The molecule has 0 rings (SSSR count). The van der Waals surface area contributed by atoms with E-state index in [0.717, 1.165) is 51.4 Å². The Hall–Kier alpha value is -1.96. The van der Waals surface area contributed by atoms with Gasteiger partial charge in [0.05, 0.1) is 19.5 Å². The van der Waals surface area contributed by atoms with E-state index in [1.165, 1.54) is 70.6 Å². The van der Waals surface area contributed by atoms with Gasteiger partial charge in [-0.25, -0.2) is 4.57 Å². The summed E-state index contributed by atoms with van der Waals surface area (Å²) in [6.45, 7) is 4.05. The summed E-state index contributed by atoms with van der Waals surface area (Å²) in [5.74, 6) is -0.395. The van der Waals surface area contributed by atoms with Crippen LogP contribution in [0.1, 0.15) is 149 Å². The number of ether oxygens (including phenoxy) is 2. The van der Waals surface area contributed by atoms with Crippen LogP contribution in [0.4, 0.5) is 0 Å². The lowest BCUT2D eigenvalue weighted by Gasteiger charge is -2.19. The van der Waals surface area contributed by atoms with Crippen LogP contribution < -0.4 is 5.73 Å². The molecule has 2 atom stereocenters. The Kier molecular flexibility index (Phi) is 34.8. The highest BCUT2D eigenvalue weighted by atomic mass is 31.2. The number of hydrogen-bond donors (Lipinski definition) is 2. The molecule has 0 amide bonds. The Morgan fingerprint density at radius 2 is 1.19 bits per heavy atom. The average Bonchev–Trinajstić information content (AvgIpc) is 3.07. The van der Waals surface area contributed by atoms with E-state index >= 15 is 0 Å². The minimum Gasteiger partial charge on any atom is -0.498 e. The highest BCUT2D eigenvalue weighted by Crippen LogP contribution is 2.43. The lowest BCUT2D eigenvalue weighted by Crippen LogP contribution is -2.27. The molecule has 0 aromatic rings. The number of carbonyl (C=O) groups excluding carboxylic acids is 1. The molecule has 0 aliphatic carbocycles. The van der Waals surface area contributed by atoms with Crippen LogP contribution in [0.2, 0.25) is 0 Å². The predicted octanol–water partition coefficient (Wildman–Crippen LogP) is 11.0. The van der Waals surface area contributed by atoms with Crippen molar-refractivity contribution < 1.29 is 32.8 Å². The van der Waals surface area contributed by atoms with Gasteiger partial charge in [0.25, 0.3) is 0 Å². The summed E-state index contributed by atoms with van der Waals surface area (Å²) in [6, 6.07) is 0. The maximum atomic E-state index is 12.5. The largest absolute Gasteiger partial charge is 0.498 e. The monoisotopic (exact) mass is 695 g/mol. The van der Waals surface area contributed by atoms with E-state index in [1.807, 2.05) is 6.08 Å². The third-order valence-corrected chi connectivity index (χ3v) is 8.50. The standard InChI is InChI=1S/C39H70NO7P/c1-3-5-7-9-11-13-15-17-19-20-22-24-26-28-30-32-39(41)47-38(37-46-48(42,43)45-35-33-40)36-44-34-31-29-27-25-23-21-18-16-14-12-10-8-6-4-2/h5,7,11,13,17,19,22,24,31,34,38H,3-4,6,8-10,12,14-16,18,20-21,23,25-30,32-33,35-37,40H2,1-2H3,(H,42,43). The van der Waals surface area contributed by atoms with Crippen LogP contribution in [0.3, 0.4) is 0 Å². The molecule has 0 fully saturated rings. The lowest BCUT2D eigenvalue weighted by molar-refractivity contribution is -0.153. The number of esters is 1. The zero-order chi connectivity index (χ0) is 35.2. The Morgan fingerprint density at radius 3 is 1.77 bits per heavy atom. The molecule has 9 heteroatoms. The summed E-state index contributed by atoms with van der Waals surface area (Å²) in [4.78, 5) is 22.3.